The molecule has 0 spiro atoms. The van der Waals surface area contributed by atoms with Crippen molar-refractivity contribution in [2.24, 2.45) is 11.7 Å². The third kappa shape index (κ3) is 4.94. The second-order valence-corrected chi connectivity index (χ2v) is 5.00. The summed E-state index contributed by atoms with van der Waals surface area (Å²) in [5, 5.41) is 2.88. The standard InChI is InChI=1S/C12H25N3O/c1-10(8-14-12(16)11(2)13)9-15-6-4-3-5-7-15/h10-11H,3-9,13H2,1-2H3,(H,14,16)/t10?,11-/m0/s1. The van der Waals surface area contributed by atoms with Gasteiger partial charge in [0.1, 0.15) is 0 Å². The number of nitrogens with zero attached hydrogens (tertiary/aromatic N) is 1. The normalized spacial score (nSPS) is 21.4. The smallest absolute Gasteiger partial charge is 0.236 e. The summed E-state index contributed by atoms with van der Waals surface area (Å²) < 4.78 is 0. The van der Waals surface area contributed by atoms with Gasteiger partial charge in [0.25, 0.3) is 0 Å². The zero-order chi connectivity index (χ0) is 12.0. The maximum atomic E-state index is 11.3. The molecule has 3 N–H and O–H groups in total. The van der Waals surface area contributed by atoms with Gasteiger partial charge < -0.3 is 16.0 Å². The van der Waals surface area contributed by atoms with Crippen molar-refractivity contribution >= 4 is 5.91 Å². The Labute approximate surface area is 98.6 Å². The van der Waals surface area contributed by atoms with Gasteiger partial charge in [0.15, 0.2) is 0 Å². The Balaban J connectivity index is 2.14. The first-order valence-electron chi connectivity index (χ1n) is 6.35. The van der Waals surface area contributed by atoms with E-state index in [-0.39, 0.29) is 5.91 Å². The third-order valence-corrected chi connectivity index (χ3v) is 3.06. The predicted octanol–water partition coefficient (Wildman–Crippen LogP) is 0.572. The maximum Gasteiger partial charge on any atom is 0.236 e. The summed E-state index contributed by atoms with van der Waals surface area (Å²) in [6, 6.07) is -0.401. The lowest BCUT2D eigenvalue weighted by molar-refractivity contribution is -0.122. The first-order chi connectivity index (χ1) is 7.59. The number of nitrogens with one attached hydrogen (secondary N) is 1. The Morgan fingerprint density at radius 2 is 1.94 bits per heavy atom. The molecule has 0 bridgehead atoms. The molecule has 1 heterocycles. The quantitative estimate of drug-likeness (QED) is 0.722. The average molecular weight is 227 g/mol. The van der Waals surface area contributed by atoms with Crippen LogP contribution in [0.2, 0.25) is 0 Å². The molecule has 0 aliphatic carbocycles. The predicted molar refractivity (Wildman–Crippen MR) is 66.1 cm³/mol. The summed E-state index contributed by atoms with van der Waals surface area (Å²) in [4.78, 5) is 13.8. The monoisotopic (exact) mass is 227 g/mol. The van der Waals surface area contributed by atoms with Crippen LogP contribution >= 0.6 is 0 Å². The van der Waals surface area contributed by atoms with Crippen molar-refractivity contribution in [3.63, 3.8) is 0 Å². The van der Waals surface area contributed by atoms with E-state index in [1.807, 2.05) is 0 Å². The van der Waals surface area contributed by atoms with Crippen molar-refractivity contribution in [2.75, 3.05) is 26.2 Å². The number of piperidine rings is 1. The Hall–Kier alpha value is -0.610. The van der Waals surface area contributed by atoms with E-state index in [9.17, 15) is 4.79 Å². The molecule has 16 heavy (non-hydrogen) atoms. The van der Waals surface area contributed by atoms with Gasteiger partial charge in [0, 0.05) is 13.1 Å². The maximum absolute atomic E-state index is 11.3. The molecule has 0 saturated carbocycles. The molecule has 94 valence electrons. The minimum atomic E-state index is -0.401. The van der Waals surface area contributed by atoms with Gasteiger partial charge in [-0.3, -0.25) is 4.79 Å². The molecule has 4 heteroatoms. The molecule has 1 fully saturated rings. The molecular formula is C12H25N3O. The average Bonchev–Trinajstić information content (AvgIpc) is 2.27. The molecule has 1 saturated heterocycles. The zero-order valence-corrected chi connectivity index (χ0v) is 10.5. The van der Waals surface area contributed by atoms with Gasteiger partial charge in [-0.1, -0.05) is 13.3 Å². The highest BCUT2D eigenvalue weighted by Crippen LogP contribution is 2.10. The van der Waals surface area contributed by atoms with E-state index < -0.39 is 6.04 Å². The van der Waals surface area contributed by atoms with Crippen LogP contribution in [-0.4, -0.2) is 43.0 Å². The van der Waals surface area contributed by atoms with E-state index in [4.69, 9.17) is 5.73 Å². The number of nitrogens with two attached hydrogens (primary N) is 1. The molecule has 1 amide bonds. The Morgan fingerprint density at radius 1 is 1.31 bits per heavy atom. The number of hydrogen-bond donors (Lipinski definition) is 2. The molecule has 2 atom stereocenters. The summed E-state index contributed by atoms with van der Waals surface area (Å²) in [6.45, 7) is 8.13. The third-order valence-electron chi connectivity index (χ3n) is 3.06. The van der Waals surface area contributed by atoms with Crippen LogP contribution in [-0.2, 0) is 4.79 Å². The van der Waals surface area contributed by atoms with Crippen LogP contribution in [0, 0.1) is 5.92 Å². The summed E-state index contributed by atoms with van der Waals surface area (Å²) in [5.41, 5.74) is 5.48. The first-order valence-corrected chi connectivity index (χ1v) is 6.35. The minimum absolute atomic E-state index is 0.0505. The lowest BCUT2D eigenvalue weighted by Gasteiger charge is -2.29. The number of likely N-dealkylation sites (tertiary alicyclic amines) is 1. The highest BCUT2D eigenvalue weighted by molar-refractivity contribution is 5.80. The molecule has 1 rings (SSSR count). The van der Waals surface area contributed by atoms with Crippen LogP contribution in [0.1, 0.15) is 33.1 Å². The van der Waals surface area contributed by atoms with Gasteiger partial charge in [-0.05, 0) is 38.8 Å². The van der Waals surface area contributed by atoms with Crippen molar-refractivity contribution in [3.8, 4) is 0 Å². The lowest BCUT2D eigenvalue weighted by atomic mass is 10.1. The van der Waals surface area contributed by atoms with E-state index in [1.54, 1.807) is 6.92 Å². The van der Waals surface area contributed by atoms with Crippen LogP contribution in [0.15, 0.2) is 0 Å². The Morgan fingerprint density at radius 3 is 2.50 bits per heavy atom. The SMILES string of the molecule is CC(CNC(=O)[C@H](C)N)CN1CCCCC1. The fraction of sp³-hybridized carbons (Fsp3) is 0.917. The summed E-state index contributed by atoms with van der Waals surface area (Å²) in [6.07, 6.45) is 4.00. The molecule has 0 aromatic rings. The van der Waals surface area contributed by atoms with Gasteiger partial charge >= 0.3 is 0 Å². The number of amides is 1. The Kier molecular flexibility index (Phi) is 5.77. The fourth-order valence-electron chi connectivity index (χ4n) is 2.08. The second kappa shape index (κ2) is 6.86. The van der Waals surface area contributed by atoms with Crippen molar-refractivity contribution < 1.29 is 4.79 Å². The van der Waals surface area contributed by atoms with Crippen molar-refractivity contribution in [3.05, 3.63) is 0 Å². The van der Waals surface area contributed by atoms with E-state index >= 15 is 0 Å². The molecule has 1 unspecified atom stereocenters. The van der Waals surface area contributed by atoms with Gasteiger partial charge in [-0.15, -0.1) is 0 Å². The molecule has 0 radical (unpaired) electrons. The Bertz CT molecular complexity index is 212. The summed E-state index contributed by atoms with van der Waals surface area (Å²) >= 11 is 0. The fourth-order valence-corrected chi connectivity index (χ4v) is 2.08. The number of carbonyl (C=O) groups excluding carboxylic acids is 1. The number of rotatable bonds is 5. The summed E-state index contributed by atoms with van der Waals surface area (Å²) in [7, 11) is 0. The van der Waals surface area contributed by atoms with Gasteiger partial charge in [0.2, 0.25) is 5.91 Å². The van der Waals surface area contributed by atoms with Crippen LogP contribution in [0.5, 0.6) is 0 Å². The van der Waals surface area contributed by atoms with Crippen molar-refractivity contribution in [2.45, 2.75) is 39.2 Å². The molecule has 1 aliphatic heterocycles. The van der Waals surface area contributed by atoms with Gasteiger partial charge in [0.05, 0.1) is 6.04 Å². The summed E-state index contributed by atoms with van der Waals surface area (Å²) in [5.74, 6) is 0.450. The largest absolute Gasteiger partial charge is 0.354 e. The molecule has 4 nitrogen and oxygen atoms in total. The number of hydrogen-bond acceptors (Lipinski definition) is 3. The lowest BCUT2D eigenvalue weighted by Crippen LogP contribution is -2.42. The van der Waals surface area contributed by atoms with Gasteiger partial charge in [-0.25, -0.2) is 0 Å². The first kappa shape index (κ1) is 13.5. The van der Waals surface area contributed by atoms with Crippen LogP contribution in [0.4, 0.5) is 0 Å². The van der Waals surface area contributed by atoms with Gasteiger partial charge in [-0.2, -0.15) is 0 Å². The molecule has 1 aliphatic rings. The van der Waals surface area contributed by atoms with E-state index in [1.165, 1.54) is 32.4 Å². The van der Waals surface area contributed by atoms with Crippen molar-refractivity contribution in [1.29, 1.82) is 0 Å². The van der Waals surface area contributed by atoms with E-state index in [0.717, 1.165) is 13.1 Å². The van der Waals surface area contributed by atoms with Crippen LogP contribution in [0.3, 0.4) is 0 Å². The highest BCUT2D eigenvalue weighted by Gasteiger charge is 2.14. The topological polar surface area (TPSA) is 58.4 Å². The van der Waals surface area contributed by atoms with E-state index in [2.05, 4.69) is 17.1 Å². The van der Waals surface area contributed by atoms with Crippen molar-refractivity contribution in [1.82, 2.24) is 10.2 Å². The second-order valence-electron chi connectivity index (χ2n) is 5.00. The van der Waals surface area contributed by atoms with Crippen LogP contribution in [0.25, 0.3) is 0 Å². The zero-order valence-electron chi connectivity index (χ0n) is 10.5. The minimum Gasteiger partial charge on any atom is -0.354 e. The highest BCUT2D eigenvalue weighted by atomic mass is 16.2. The molecule has 0 aromatic carbocycles. The van der Waals surface area contributed by atoms with Crippen LogP contribution < -0.4 is 11.1 Å². The van der Waals surface area contributed by atoms with E-state index in [0.29, 0.717) is 5.92 Å². The molecule has 0 aromatic heterocycles. The molecular weight excluding hydrogens is 202 g/mol. The number of carbonyl (C=O) groups is 1.